The molecule has 2 nitrogen and oxygen atoms in total. The Labute approximate surface area is 113 Å². The maximum Gasteiger partial charge on any atom is 0.228 e. The summed E-state index contributed by atoms with van der Waals surface area (Å²) >= 11 is 3.70. The summed E-state index contributed by atoms with van der Waals surface area (Å²) in [7, 11) is 0. The first-order valence-electron chi connectivity index (χ1n) is 6.96. The Morgan fingerprint density at radius 1 is 1.29 bits per heavy atom. The molecule has 1 heterocycles. The van der Waals surface area contributed by atoms with Crippen LogP contribution >= 0.6 is 15.9 Å². The molecule has 0 radical (unpaired) electrons. The van der Waals surface area contributed by atoms with Gasteiger partial charge in [-0.3, -0.25) is 4.79 Å². The van der Waals surface area contributed by atoms with Gasteiger partial charge in [-0.2, -0.15) is 0 Å². The molecule has 1 amide bonds. The number of nitrogens with zero attached hydrogens (tertiary/aromatic N) is 1. The van der Waals surface area contributed by atoms with Gasteiger partial charge in [0.05, 0.1) is 0 Å². The van der Waals surface area contributed by atoms with Crippen LogP contribution in [-0.2, 0) is 4.79 Å². The molecule has 98 valence electrons. The highest BCUT2D eigenvalue weighted by Gasteiger charge is 2.39. The van der Waals surface area contributed by atoms with Crippen LogP contribution in [0.1, 0.15) is 52.4 Å². The summed E-state index contributed by atoms with van der Waals surface area (Å²) < 4.78 is 0. The van der Waals surface area contributed by atoms with E-state index >= 15 is 0 Å². The number of likely N-dealkylation sites (tertiary alicyclic amines) is 1. The summed E-state index contributed by atoms with van der Waals surface area (Å²) in [5.41, 5.74) is -0.0584. The first-order chi connectivity index (χ1) is 8.03. The van der Waals surface area contributed by atoms with E-state index in [2.05, 4.69) is 34.7 Å². The van der Waals surface area contributed by atoms with E-state index in [1.807, 2.05) is 0 Å². The molecule has 1 saturated heterocycles. The van der Waals surface area contributed by atoms with Gasteiger partial charge in [-0.1, -0.05) is 49.0 Å². The van der Waals surface area contributed by atoms with E-state index in [1.165, 1.54) is 19.3 Å². The molecule has 0 bridgehead atoms. The minimum atomic E-state index is -0.0584. The van der Waals surface area contributed by atoms with Gasteiger partial charge >= 0.3 is 0 Å². The Bertz CT molecular complexity index is 286. The van der Waals surface area contributed by atoms with E-state index in [1.54, 1.807) is 0 Å². The number of hydrogen-bond acceptors (Lipinski definition) is 1. The van der Waals surface area contributed by atoms with Crippen LogP contribution in [0, 0.1) is 11.3 Å². The Balaban J connectivity index is 1.99. The molecule has 2 fully saturated rings. The van der Waals surface area contributed by atoms with Gasteiger partial charge in [-0.15, -0.1) is 0 Å². The van der Waals surface area contributed by atoms with Crippen molar-refractivity contribution in [1.82, 2.24) is 4.90 Å². The molecule has 0 aromatic heterocycles. The average Bonchev–Trinajstić information content (AvgIpc) is 2.33. The van der Waals surface area contributed by atoms with Gasteiger partial charge < -0.3 is 4.90 Å². The van der Waals surface area contributed by atoms with E-state index in [0.717, 1.165) is 32.4 Å². The molecule has 0 aromatic carbocycles. The fourth-order valence-electron chi connectivity index (χ4n) is 3.23. The third-order valence-corrected chi connectivity index (χ3v) is 5.92. The first-order valence-corrected chi connectivity index (χ1v) is 7.88. The largest absolute Gasteiger partial charge is 0.342 e. The molecule has 2 rings (SSSR count). The zero-order valence-corrected chi connectivity index (χ0v) is 12.6. The molecule has 0 aromatic rings. The zero-order valence-electron chi connectivity index (χ0n) is 11.0. The predicted octanol–water partition coefficient (Wildman–Crippen LogP) is 3.59. The van der Waals surface area contributed by atoms with Crippen molar-refractivity contribution in [3.8, 4) is 0 Å². The van der Waals surface area contributed by atoms with E-state index in [9.17, 15) is 4.79 Å². The highest BCUT2D eigenvalue weighted by Crippen LogP contribution is 2.38. The fraction of sp³-hybridized carbons (Fsp3) is 0.929. The lowest BCUT2D eigenvalue weighted by atomic mass is 9.74. The van der Waals surface area contributed by atoms with Gasteiger partial charge in [0.25, 0.3) is 0 Å². The molecule has 17 heavy (non-hydrogen) atoms. The number of carbonyl (C=O) groups excluding carboxylic acids is 1. The summed E-state index contributed by atoms with van der Waals surface area (Å²) in [6.07, 6.45) is 7.05. The number of rotatable bonds is 1. The number of piperidine rings is 1. The standard InChI is InChI=1S/C14H24BrNO/c1-11-10-16(9-6-12(11)15)13(17)14(2)7-4-3-5-8-14/h11-12H,3-10H2,1-2H3. The topological polar surface area (TPSA) is 20.3 Å². The zero-order chi connectivity index (χ0) is 12.5. The maximum absolute atomic E-state index is 12.6. The molecule has 3 heteroatoms. The monoisotopic (exact) mass is 301 g/mol. The number of halogens is 1. The van der Waals surface area contributed by atoms with Gasteiger partial charge in [0, 0.05) is 23.3 Å². The summed E-state index contributed by atoms with van der Waals surface area (Å²) in [6, 6.07) is 0. The number of carbonyl (C=O) groups is 1. The van der Waals surface area contributed by atoms with Crippen molar-refractivity contribution in [1.29, 1.82) is 0 Å². The summed E-state index contributed by atoms with van der Waals surface area (Å²) in [5, 5.41) is 0. The van der Waals surface area contributed by atoms with Gasteiger partial charge in [-0.05, 0) is 25.2 Å². The van der Waals surface area contributed by atoms with Gasteiger partial charge in [0.2, 0.25) is 5.91 Å². The van der Waals surface area contributed by atoms with Crippen LogP contribution in [0.5, 0.6) is 0 Å². The number of amides is 1. The Hall–Kier alpha value is -0.0500. The van der Waals surface area contributed by atoms with Crippen molar-refractivity contribution in [3.05, 3.63) is 0 Å². The Morgan fingerprint density at radius 3 is 2.53 bits per heavy atom. The quantitative estimate of drug-likeness (QED) is 0.678. The smallest absolute Gasteiger partial charge is 0.228 e. The first kappa shape index (κ1) is 13.4. The van der Waals surface area contributed by atoms with Crippen molar-refractivity contribution in [3.63, 3.8) is 0 Å². The van der Waals surface area contributed by atoms with Crippen LogP contribution in [0.25, 0.3) is 0 Å². The van der Waals surface area contributed by atoms with Crippen molar-refractivity contribution >= 4 is 21.8 Å². The van der Waals surface area contributed by atoms with E-state index in [-0.39, 0.29) is 5.41 Å². The van der Waals surface area contributed by atoms with Crippen molar-refractivity contribution in [2.24, 2.45) is 11.3 Å². The SMILES string of the molecule is CC1CN(C(=O)C2(C)CCCCC2)CCC1Br. The molecule has 1 saturated carbocycles. The van der Waals surface area contributed by atoms with Crippen LogP contribution in [0.3, 0.4) is 0 Å². The van der Waals surface area contributed by atoms with Crippen LogP contribution in [0.2, 0.25) is 0 Å². The van der Waals surface area contributed by atoms with Gasteiger partial charge in [-0.25, -0.2) is 0 Å². The third-order valence-electron chi connectivity index (χ3n) is 4.56. The molecule has 0 spiro atoms. The molecule has 0 N–H and O–H groups in total. The molecular weight excluding hydrogens is 278 g/mol. The minimum Gasteiger partial charge on any atom is -0.342 e. The molecular formula is C14H24BrNO. The Morgan fingerprint density at radius 2 is 1.94 bits per heavy atom. The summed E-state index contributed by atoms with van der Waals surface area (Å²) in [5.74, 6) is 1.00. The highest BCUT2D eigenvalue weighted by atomic mass is 79.9. The average molecular weight is 302 g/mol. The molecule has 1 aliphatic carbocycles. The van der Waals surface area contributed by atoms with Gasteiger partial charge in [0.1, 0.15) is 0 Å². The van der Waals surface area contributed by atoms with Crippen molar-refractivity contribution in [2.45, 2.75) is 57.2 Å². The summed E-state index contributed by atoms with van der Waals surface area (Å²) in [4.78, 5) is 15.3. The lowest BCUT2D eigenvalue weighted by molar-refractivity contribution is -0.144. The van der Waals surface area contributed by atoms with E-state index < -0.39 is 0 Å². The normalized spacial score (nSPS) is 33.5. The van der Waals surface area contributed by atoms with E-state index in [4.69, 9.17) is 0 Å². The molecule has 2 atom stereocenters. The van der Waals surface area contributed by atoms with E-state index in [0.29, 0.717) is 16.7 Å². The van der Waals surface area contributed by atoms with Gasteiger partial charge in [0.15, 0.2) is 0 Å². The number of hydrogen-bond donors (Lipinski definition) is 0. The fourth-order valence-corrected chi connectivity index (χ4v) is 3.60. The third kappa shape index (κ3) is 2.86. The lowest BCUT2D eigenvalue weighted by Crippen LogP contribution is -2.49. The minimum absolute atomic E-state index is 0.0584. The van der Waals surface area contributed by atoms with Crippen LogP contribution in [-0.4, -0.2) is 28.7 Å². The molecule has 2 unspecified atom stereocenters. The second kappa shape index (κ2) is 5.29. The van der Waals surface area contributed by atoms with Crippen LogP contribution in [0.4, 0.5) is 0 Å². The second-order valence-electron chi connectivity index (χ2n) is 6.15. The second-order valence-corrected chi connectivity index (χ2v) is 7.33. The molecule has 1 aliphatic heterocycles. The van der Waals surface area contributed by atoms with Crippen LogP contribution in [0.15, 0.2) is 0 Å². The molecule has 2 aliphatic rings. The number of alkyl halides is 1. The Kier molecular flexibility index (Phi) is 4.17. The lowest BCUT2D eigenvalue weighted by Gasteiger charge is -2.41. The predicted molar refractivity (Wildman–Crippen MR) is 74.3 cm³/mol. The summed E-state index contributed by atoms with van der Waals surface area (Å²) in [6.45, 7) is 6.29. The van der Waals surface area contributed by atoms with Crippen molar-refractivity contribution < 1.29 is 4.79 Å². The maximum atomic E-state index is 12.6. The van der Waals surface area contributed by atoms with Crippen molar-refractivity contribution in [2.75, 3.05) is 13.1 Å². The highest BCUT2D eigenvalue weighted by molar-refractivity contribution is 9.09. The van der Waals surface area contributed by atoms with Crippen LogP contribution < -0.4 is 0 Å².